The van der Waals surface area contributed by atoms with E-state index in [1.54, 1.807) is 0 Å². The number of hydrogen-bond acceptors (Lipinski definition) is 8. The van der Waals surface area contributed by atoms with Crippen LogP contribution >= 0.6 is 11.8 Å². The Balaban J connectivity index is 1.44. The third-order valence-corrected chi connectivity index (χ3v) is 6.83. The maximum atomic E-state index is 12.7. The molecule has 0 radical (unpaired) electrons. The number of amides is 1. The number of esters is 2. The lowest BCUT2D eigenvalue weighted by molar-refractivity contribution is -0.113. The van der Waals surface area contributed by atoms with Gasteiger partial charge in [-0.05, 0) is 43.0 Å². The Morgan fingerprint density at radius 2 is 1.77 bits per heavy atom. The summed E-state index contributed by atoms with van der Waals surface area (Å²) < 4.78 is 11.6. The van der Waals surface area contributed by atoms with E-state index in [9.17, 15) is 14.4 Å². The van der Waals surface area contributed by atoms with E-state index in [2.05, 4.69) is 27.6 Å². The number of ether oxygens (including phenoxy) is 2. The van der Waals surface area contributed by atoms with Crippen LogP contribution in [0, 0.1) is 0 Å². The number of carbonyl (C=O) groups excluding carboxylic acids is 3. The largest absolute Gasteiger partial charge is 0.465 e. The second-order valence-electron chi connectivity index (χ2n) is 8.02. The summed E-state index contributed by atoms with van der Waals surface area (Å²) in [5.41, 5.74) is 1.81. The van der Waals surface area contributed by atoms with Gasteiger partial charge in [0, 0.05) is 12.5 Å². The molecule has 2 unspecified atom stereocenters. The van der Waals surface area contributed by atoms with Gasteiger partial charge in [0.05, 0.1) is 36.8 Å². The molecule has 182 valence electrons. The highest BCUT2D eigenvalue weighted by Crippen LogP contribution is 2.54. The lowest BCUT2D eigenvalue weighted by Crippen LogP contribution is -2.18. The number of rotatable bonds is 9. The number of benzene rings is 2. The molecule has 1 aromatic heterocycles. The van der Waals surface area contributed by atoms with Crippen molar-refractivity contribution < 1.29 is 23.9 Å². The minimum Gasteiger partial charge on any atom is -0.465 e. The molecule has 3 aromatic rings. The van der Waals surface area contributed by atoms with Crippen molar-refractivity contribution in [3.05, 3.63) is 71.0 Å². The van der Waals surface area contributed by atoms with Crippen molar-refractivity contribution in [3.8, 4) is 0 Å². The summed E-state index contributed by atoms with van der Waals surface area (Å²) in [6.07, 6.45) is 1.03. The lowest BCUT2D eigenvalue weighted by atomic mass is 10.1. The molecular weight excluding hydrogens is 468 g/mol. The van der Waals surface area contributed by atoms with Gasteiger partial charge in [0.2, 0.25) is 5.91 Å². The first kappa shape index (κ1) is 24.5. The quantitative estimate of drug-likeness (QED) is 0.352. The normalized spacial score (nSPS) is 16.4. The Bertz CT molecular complexity index is 1240. The molecule has 1 N–H and O–H groups in total. The van der Waals surface area contributed by atoms with Crippen molar-refractivity contribution in [2.45, 2.75) is 36.9 Å². The van der Waals surface area contributed by atoms with Crippen LogP contribution in [0.4, 0.5) is 5.69 Å². The third-order valence-electron chi connectivity index (χ3n) is 5.86. The lowest BCUT2D eigenvalue weighted by Gasteiger charge is -2.11. The highest BCUT2D eigenvalue weighted by molar-refractivity contribution is 7.99. The summed E-state index contributed by atoms with van der Waals surface area (Å²) in [5.74, 6) is 0.169. The zero-order valence-corrected chi connectivity index (χ0v) is 20.5. The van der Waals surface area contributed by atoms with Gasteiger partial charge in [-0.2, -0.15) is 0 Å². The molecule has 9 nitrogen and oxygen atoms in total. The molecule has 0 saturated heterocycles. The predicted octanol–water partition coefficient (Wildman–Crippen LogP) is 3.87. The number of nitrogens with zero attached hydrogens (tertiary/aromatic N) is 3. The van der Waals surface area contributed by atoms with Gasteiger partial charge < -0.3 is 19.4 Å². The van der Waals surface area contributed by atoms with Crippen LogP contribution in [-0.4, -0.2) is 52.6 Å². The fourth-order valence-corrected chi connectivity index (χ4v) is 4.83. The zero-order chi connectivity index (χ0) is 24.9. The molecule has 1 amide bonds. The Morgan fingerprint density at radius 1 is 1.03 bits per heavy atom. The summed E-state index contributed by atoms with van der Waals surface area (Å²) >= 11 is 1.27. The number of nitrogens with one attached hydrogen (secondary N) is 1. The van der Waals surface area contributed by atoms with Crippen LogP contribution in [0.3, 0.4) is 0 Å². The van der Waals surface area contributed by atoms with Crippen LogP contribution in [0.1, 0.15) is 57.3 Å². The Kier molecular flexibility index (Phi) is 7.50. The van der Waals surface area contributed by atoms with Crippen molar-refractivity contribution >= 4 is 35.3 Å². The first-order valence-electron chi connectivity index (χ1n) is 11.2. The molecule has 1 heterocycles. The maximum absolute atomic E-state index is 12.7. The van der Waals surface area contributed by atoms with Crippen LogP contribution in [0.2, 0.25) is 0 Å². The minimum absolute atomic E-state index is 0.0496. The summed E-state index contributed by atoms with van der Waals surface area (Å²) in [5, 5.41) is 12.1. The number of thioether (sulfide) groups is 1. The minimum atomic E-state index is -0.628. The highest BCUT2D eigenvalue weighted by Gasteiger charge is 2.43. The van der Waals surface area contributed by atoms with Crippen molar-refractivity contribution in [2.24, 2.45) is 0 Å². The number of anilines is 1. The first-order chi connectivity index (χ1) is 17.0. The fourth-order valence-electron chi connectivity index (χ4n) is 4.02. The average Bonchev–Trinajstić information content (AvgIpc) is 3.58. The first-order valence-corrected chi connectivity index (χ1v) is 12.2. The Labute approximate surface area is 207 Å². The SMILES string of the molecule is CCn1c(SCC(=O)Nc2cc(C(=O)OC)ccc2C(=O)OC)nnc1C1CC1c1ccccc1. The molecule has 0 spiro atoms. The molecular formula is C25H26N4O5S. The van der Waals surface area contributed by atoms with Gasteiger partial charge >= 0.3 is 11.9 Å². The molecule has 1 aliphatic rings. The molecule has 1 saturated carbocycles. The van der Waals surface area contributed by atoms with Crippen molar-refractivity contribution in [2.75, 3.05) is 25.3 Å². The van der Waals surface area contributed by atoms with Crippen LogP contribution in [0.25, 0.3) is 0 Å². The van der Waals surface area contributed by atoms with Crippen molar-refractivity contribution in [1.82, 2.24) is 14.8 Å². The second kappa shape index (κ2) is 10.7. The summed E-state index contributed by atoms with van der Waals surface area (Å²) in [6, 6.07) is 14.6. The van der Waals surface area contributed by atoms with Gasteiger partial charge in [0.1, 0.15) is 5.82 Å². The molecule has 4 rings (SSSR count). The fraction of sp³-hybridized carbons (Fsp3) is 0.320. The summed E-state index contributed by atoms with van der Waals surface area (Å²) in [4.78, 5) is 36.7. The van der Waals surface area contributed by atoms with Gasteiger partial charge in [-0.25, -0.2) is 9.59 Å². The van der Waals surface area contributed by atoms with Crippen molar-refractivity contribution in [3.63, 3.8) is 0 Å². The number of hydrogen-bond donors (Lipinski definition) is 1. The van der Waals surface area contributed by atoms with Crippen LogP contribution in [-0.2, 0) is 20.8 Å². The smallest absolute Gasteiger partial charge is 0.339 e. The monoisotopic (exact) mass is 494 g/mol. The van der Waals surface area contributed by atoms with E-state index in [1.165, 1.54) is 49.7 Å². The number of methoxy groups -OCH3 is 2. The Morgan fingerprint density at radius 3 is 2.46 bits per heavy atom. The summed E-state index contributed by atoms with van der Waals surface area (Å²) in [7, 11) is 2.50. The van der Waals surface area contributed by atoms with Gasteiger partial charge in [-0.3, -0.25) is 4.79 Å². The zero-order valence-electron chi connectivity index (χ0n) is 19.7. The molecule has 35 heavy (non-hydrogen) atoms. The summed E-state index contributed by atoms with van der Waals surface area (Å²) in [6.45, 7) is 2.72. The second-order valence-corrected chi connectivity index (χ2v) is 8.97. The molecule has 0 bridgehead atoms. The molecule has 1 fully saturated rings. The van der Waals surface area contributed by atoms with E-state index in [1.807, 2.05) is 29.7 Å². The third kappa shape index (κ3) is 5.37. The molecule has 2 atom stereocenters. The van der Waals surface area contributed by atoms with Gasteiger partial charge in [-0.15, -0.1) is 10.2 Å². The standard InChI is InChI=1S/C25H26N4O5S/c1-4-29-22(19-13-18(19)15-8-6-5-7-9-15)27-28-25(29)35-14-21(30)26-20-12-16(23(31)33-2)10-11-17(20)24(32)34-3/h5-12,18-19H,4,13-14H2,1-3H3,(H,26,30). The van der Waals surface area contributed by atoms with Gasteiger partial charge in [-0.1, -0.05) is 42.1 Å². The van der Waals surface area contributed by atoms with E-state index in [0.717, 1.165) is 12.2 Å². The predicted molar refractivity (Wildman–Crippen MR) is 131 cm³/mol. The highest BCUT2D eigenvalue weighted by atomic mass is 32.2. The molecule has 0 aliphatic heterocycles. The van der Waals surface area contributed by atoms with E-state index in [-0.39, 0.29) is 28.5 Å². The molecule has 2 aromatic carbocycles. The molecule has 10 heteroatoms. The van der Waals surface area contributed by atoms with E-state index in [0.29, 0.717) is 23.5 Å². The topological polar surface area (TPSA) is 112 Å². The Hall–Kier alpha value is -3.66. The average molecular weight is 495 g/mol. The van der Waals surface area contributed by atoms with E-state index in [4.69, 9.17) is 9.47 Å². The maximum Gasteiger partial charge on any atom is 0.339 e. The van der Waals surface area contributed by atoms with Crippen molar-refractivity contribution in [1.29, 1.82) is 0 Å². The number of aromatic nitrogens is 3. The van der Waals surface area contributed by atoms with Crippen LogP contribution < -0.4 is 5.32 Å². The van der Waals surface area contributed by atoms with Crippen LogP contribution in [0.5, 0.6) is 0 Å². The number of carbonyl (C=O) groups is 3. The molecule has 1 aliphatic carbocycles. The van der Waals surface area contributed by atoms with Gasteiger partial charge in [0.25, 0.3) is 0 Å². The van der Waals surface area contributed by atoms with E-state index < -0.39 is 11.9 Å². The van der Waals surface area contributed by atoms with Gasteiger partial charge in [0.15, 0.2) is 5.16 Å². The van der Waals surface area contributed by atoms with E-state index >= 15 is 0 Å². The van der Waals surface area contributed by atoms with Crippen LogP contribution in [0.15, 0.2) is 53.7 Å².